The molecule has 0 unspecified atom stereocenters. The Morgan fingerprint density at radius 3 is 3.08 bits per heavy atom. The molecule has 2 aromatic heterocycles. The van der Waals surface area contributed by atoms with Crippen molar-refractivity contribution < 1.29 is 0 Å². The lowest BCUT2D eigenvalue weighted by atomic mass is 10.3. The number of halogens is 1. The Bertz CT molecular complexity index is 408. The molecule has 2 rings (SSSR count). The number of fused-ring (bicyclic) bond motifs is 1. The molecule has 3 nitrogen and oxygen atoms in total. The minimum Gasteiger partial charge on any atom is -0.235 e. The van der Waals surface area contributed by atoms with E-state index in [1.807, 2.05) is 6.20 Å². The molecule has 0 aliphatic rings. The highest BCUT2D eigenvalue weighted by Crippen LogP contribution is 2.11. The molecule has 0 saturated heterocycles. The van der Waals surface area contributed by atoms with Gasteiger partial charge in [-0.15, -0.1) is 0 Å². The SMILES string of the molecule is CCc1cnn2cc(Cl)cnc12. The molecule has 0 aliphatic carbocycles. The Balaban J connectivity index is 2.73. The van der Waals surface area contributed by atoms with Crippen molar-refractivity contribution in [1.29, 1.82) is 0 Å². The van der Waals surface area contributed by atoms with Crippen molar-refractivity contribution in [2.24, 2.45) is 0 Å². The second-order valence-electron chi connectivity index (χ2n) is 2.56. The summed E-state index contributed by atoms with van der Waals surface area (Å²) in [7, 11) is 0. The Hall–Kier alpha value is -1.09. The second kappa shape index (κ2) is 2.75. The summed E-state index contributed by atoms with van der Waals surface area (Å²) in [5.41, 5.74) is 2.04. The van der Waals surface area contributed by atoms with Crippen LogP contribution in [-0.4, -0.2) is 14.6 Å². The summed E-state index contributed by atoms with van der Waals surface area (Å²) in [5, 5.41) is 4.72. The van der Waals surface area contributed by atoms with Gasteiger partial charge in [0.15, 0.2) is 5.65 Å². The van der Waals surface area contributed by atoms with Crippen molar-refractivity contribution in [3.63, 3.8) is 0 Å². The van der Waals surface area contributed by atoms with Gasteiger partial charge in [0, 0.05) is 11.8 Å². The molecule has 12 heavy (non-hydrogen) atoms. The monoisotopic (exact) mass is 181 g/mol. The summed E-state index contributed by atoms with van der Waals surface area (Å²) in [4.78, 5) is 4.18. The molecule has 0 aliphatic heterocycles. The predicted molar refractivity (Wildman–Crippen MR) is 47.4 cm³/mol. The lowest BCUT2D eigenvalue weighted by Crippen LogP contribution is -1.89. The molecule has 0 fully saturated rings. The average molecular weight is 182 g/mol. The van der Waals surface area contributed by atoms with Gasteiger partial charge < -0.3 is 0 Å². The first kappa shape index (κ1) is 7.55. The molecule has 0 N–H and O–H groups in total. The summed E-state index contributed by atoms with van der Waals surface area (Å²) in [6.07, 6.45) is 6.15. The largest absolute Gasteiger partial charge is 0.235 e. The van der Waals surface area contributed by atoms with Crippen LogP contribution in [-0.2, 0) is 6.42 Å². The third-order valence-corrected chi connectivity index (χ3v) is 1.97. The summed E-state index contributed by atoms with van der Waals surface area (Å²) in [5.74, 6) is 0. The van der Waals surface area contributed by atoms with Crippen LogP contribution in [0.1, 0.15) is 12.5 Å². The summed E-state index contributed by atoms with van der Waals surface area (Å²) in [6.45, 7) is 2.08. The fourth-order valence-corrected chi connectivity index (χ4v) is 1.29. The van der Waals surface area contributed by atoms with Crippen LogP contribution >= 0.6 is 11.6 Å². The van der Waals surface area contributed by atoms with E-state index in [1.54, 1.807) is 16.9 Å². The van der Waals surface area contributed by atoms with Crippen LogP contribution in [0.2, 0.25) is 5.02 Å². The van der Waals surface area contributed by atoms with Crippen LogP contribution in [0, 0.1) is 0 Å². The lowest BCUT2D eigenvalue weighted by molar-refractivity contribution is 0.939. The summed E-state index contributed by atoms with van der Waals surface area (Å²) >= 11 is 5.75. The zero-order valence-corrected chi connectivity index (χ0v) is 7.41. The van der Waals surface area contributed by atoms with E-state index in [1.165, 1.54) is 0 Å². The van der Waals surface area contributed by atoms with Gasteiger partial charge in [-0.3, -0.25) is 0 Å². The molecule has 0 radical (unpaired) electrons. The van der Waals surface area contributed by atoms with Crippen molar-refractivity contribution in [2.75, 3.05) is 0 Å². The second-order valence-corrected chi connectivity index (χ2v) is 3.00. The quantitative estimate of drug-likeness (QED) is 0.673. The zero-order valence-electron chi connectivity index (χ0n) is 6.66. The molecular formula is C8H8ClN3. The Morgan fingerprint density at radius 1 is 1.50 bits per heavy atom. The van der Waals surface area contributed by atoms with E-state index < -0.39 is 0 Å². The summed E-state index contributed by atoms with van der Waals surface area (Å²) < 4.78 is 1.70. The molecule has 4 heteroatoms. The number of rotatable bonds is 1. The first-order chi connectivity index (χ1) is 5.81. The smallest absolute Gasteiger partial charge is 0.158 e. The molecule has 0 saturated carbocycles. The van der Waals surface area contributed by atoms with Crippen LogP contribution in [0.25, 0.3) is 5.65 Å². The number of hydrogen-bond acceptors (Lipinski definition) is 2. The van der Waals surface area contributed by atoms with Gasteiger partial charge in [-0.25, -0.2) is 9.50 Å². The van der Waals surface area contributed by atoms with Crippen molar-refractivity contribution in [2.45, 2.75) is 13.3 Å². The van der Waals surface area contributed by atoms with E-state index in [0.717, 1.165) is 17.6 Å². The minimum absolute atomic E-state index is 0.605. The van der Waals surface area contributed by atoms with Crippen molar-refractivity contribution in [3.8, 4) is 0 Å². The van der Waals surface area contributed by atoms with E-state index in [2.05, 4.69) is 17.0 Å². The van der Waals surface area contributed by atoms with Gasteiger partial charge >= 0.3 is 0 Å². The molecule has 0 aromatic carbocycles. The molecule has 62 valence electrons. The van der Waals surface area contributed by atoms with E-state index in [0.29, 0.717) is 5.02 Å². The Kier molecular flexibility index (Phi) is 1.73. The van der Waals surface area contributed by atoms with Crippen LogP contribution in [0.5, 0.6) is 0 Å². The van der Waals surface area contributed by atoms with Gasteiger partial charge in [0.05, 0.1) is 17.4 Å². The molecule has 0 amide bonds. The minimum atomic E-state index is 0.605. The molecule has 0 atom stereocenters. The highest BCUT2D eigenvalue weighted by atomic mass is 35.5. The van der Waals surface area contributed by atoms with Gasteiger partial charge in [-0.2, -0.15) is 5.10 Å². The Morgan fingerprint density at radius 2 is 2.33 bits per heavy atom. The lowest BCUT2D eigenvalue weighted by Gasteiger charge is -1.93. The van der Waals surface area contributed by atoms with E-state index in [9.17, 15) is 0 Å². The molecule has 0 spiro atoms. The van der Waals surface area contributed by atoms with Crippen LogP contribution in [0.4, 0.5) is 0 Å². The number of nitrogens with zero attached hydrogens (tertiary/aromatic N) is 3. The number of aryl methyl sites for hydroxylation is 1. The van der Waals surface area contributed by atoms with Crippen LogP contribution in [0.15, 0.2) is 18.6 Å². The number of hydrogen-bond donors (Lipinski definition) is 0. The Labute approximate surface area is 75.0 Å². The third kappa shape index (κ3) is 1.06. The van der Waals surface area contributed by atoms with E-state index >= 15 is 0 Å². The molecule has 2 aromatic rings. The fraction of sp³-hybridized carbons (Fsp3) is 0.250. The highest BCUT2D eigenvalue weighted by Gasteiger charge is 2.02. The van der Waals surface area contributed by atoms with Gasteiger partial charge in [-0.1, -0.05) is 18.5 Å². The van der Waals surface area contributed by atoms with Gasteiger partial charge in [0.1, 0.15) is 0 Å². The maximum Gasteiger partial charge on any atom is 0.158 e. The molecule has 2 heterocycles. The van der Waals surface area contributed by atoms with Gasteiger partial charge in [0.25, 0.3) is 0 Å². The van der Waals surface area contributed by atoms with Crippen molar-refractivity contribution >= 4 is 17.2 Å². The average Bonchev–Trinajstić information content (AvgIpc) is 2.46. The zero-order chi connectivity index (χ0) is 8.55. The molecule has 0 bridgehead atoms. The predicted octanol–water partition coefficient (Wildman–Crippen LogP) is 1.95. The first-order valence-electron chi connectivity index (χ1n) is 3.79. The normalized spacial score (nSPS) is 10.8. The maximum absolute atomic E-state index is 5.75. The van der Waals surface area contributed by atoms with Gasteiger partial charge in [0.2, 0.25) is 0 Å². The van der Waals surface area contributed by atoms with Gasteiger partial charge in [-0.05, 0) is 6.42 Å². The third-order valence-electron chi connectivity index (χ3n) is 1.78. The van der Waals surface area contributed by atoms with Crippen molar-refractivity contribution in [3.05, 3.63) is 29.2 Å². The standard InChI is InChI=1S/C8H8ClN3/c1-2-6-3-11-12-5-7(9)4-10-8(6)12/h3-5H,2H2,1H3. The van der Waals surface area contributed by atoms with Crippen LogP contribution < -0.4 is 0 Å². The first-order valence-corrected chi connectivity index (χ1v) is 4.17. The van der Waals surface area contributed by atoms with E-state index in [4.69, 9.17) is 11.6 Å². The highest BCUT2D eigenvalue weighted by molar-refractivity contribution is 6.30. The molecular weight excluding hydrogens is 174 g/mol. The maximum atomic E-state index is 5.75. The topological polar surface area (TPSA) is 30.2 Å². The van der Waals surface area contributed by atoms with E-state index in [-0.39, 0.29) is 0 Å². The van der Waals surface area contributed by atoms with Crippen LogP contribution in [0.3, 0.4) is 0 Å². The summed E-state index contributed by atoms with van der Waals surface area (Å²) in [6, 6.07) is 0. The number of aromatic nitrogens is 3. The fourth-order valence-electron chi connectivity index (χ4n) is 1.15. The van der Waals surface area contributed by atoms with Crippen molar-refractivity contribution in [1.82, 2.24) is 14.6 Å².